The van der Waals surface area contributed by atoms with Crippen molar-refractivity contribution < 1.29 is 13.9 Å². The molecule has 1 aliphatic heterocycles. The third-order valence-corrected chi connectivity index (χ3v) is 3.92. The van der Waals surface area contributed by atoms with Gasteiger partial charge in [0.15, 0.2) is 0 Å². The van der Waals surface area contributed by atoms with E-state index in [0.29, 0.717) is 30.5 Å². The zero-order valence-corrected chi connectivity index (χ0v) is 13.5. The lowest BCUT2D eigenvalue weighted by atomic mass is 10.0. The lowest BCUT2D eigenvalue weighted by molar-refractivity contribution is -0.114. The van der Waals surface area contributed by atoms with Crippen LogP contribution in [0, 0.1) is 5.82 Å². The normalized spacial score (nSPS) is 12.6. The second-order valence-corrected chi connectivity index (χ2v) is 5.72. The van der Waals surface area contributed by atoms with Crippen LogP contribution in [-0.2, 0) is 11.3 Å². The lowest BCUT2D eigenvalue weighted by Crippen LogP contribution is -2.07. The highest BCUT2D eigenvalue weighted by Crippen LogP contribution is 2.41. The highest BCUT2D eigenvalue weighted by molar-refractivity contribution is 5.90. The van der Waals surface area contributed by atoms with E-state index in [4.69, 9.17) is 4.74 Å². The van der Waals surface area contributed by atoms with E-state index in [1.54, 1.807) is 29.1 Å². The van der Waals surface area contributed by atoms with Crippen molar-refractivity contribution in [2.45, 2.75) is 13.5 Å². The fourth-order valence-electron chi connectivity index (χ4n) is 2.88. The maximum absolute atomic E-state index is 13.3. The van der Waals surface area contributed by atoms with E-state index in [0.717, 1.165) is 16.7 Å². The standard InChI is InChI=1S/C18H15FN4O2/c1-11(24)21-15-10-13(6-7-20-15)16-17(12-2-4-14(19)5-3-12)22-23-8-9-25-18(16)23/h2-7,10H,8-9H2,1H3,(H,20,21,24). The number of nitrogens with zero attached hydrogens (tertiary/aromatic N) is 3. The van der Waals surface area contributed by atoms with Gasteiger partial charge in [0.2, 0.25) is 11.8 Å². The minimum absolute atomic E-state index is 0.195. The number of carbonyl (C=O) groups is 1. The number of amides is 1. The molecule has 25 heavy (non-hydrogen) atoms. The van der Waals surface area contributed by atoms with Gasteiger partial charge in [0.05, 0.1) is 12.1 Å². The van der Waals surface area contributed by atoms with Crippen molar-refractivity contribution in [2.24, 2.45) is 0 Å². The Morgan fingerprint density at radius 3 is 2.80 bits per heavy atom. The van der Waals surface area contributed by atoms with Crippen LogP contribution in [0.2, 0.25) is 0 Å². The summed E-state index contributed by atoms with van der Waals surface area (Å²) in [4.78, 5) is 15.4. The van der Waals surface area contributed by atoms with E-state index in [9.17, 15) is 9.18 Å². The SMILES string of the molecule is CC(=O)Nc1cc(-c2c(-c3ccc(F)cc3)nn3c2OCC3)ccn1. The molecule has 4 rings (SSSR count). The zero-order chi connectivity index (χ0) is 17.4. The van der Waals surface area contributed by atoms with Crippen molar-refractivity contribution in [2.75, 3.05) is 11.9 Å². The van der Waals surface area contributed by atoms with Crippen LogP contribution in [-0.4, -0.2) is 27.3 Å². The van der Waals surface area contributed by atoms with Crippen molar-refractivity contribution in [3.05, 3.63) is 48.4 Å². The molecule has 0 spiro atoms. The Morgan fingerprint density at radius 2 is 2.04 bits per heavy atom. The number of benzene rings is 1. The molecule has 1 aliphatic rings. The molecule has 0 bridgehead atoms. The molecule has 0 saturated carbocycles. The van der Waals surface area contributed by atoms with Crippen molar-refractivity contribution >= 4 is 11.7 Å². The molecule has 0 unspecified atom stereocenters. The van der Waals surface area contributed by atoms with Crippen LogP contribution in [0.1, 0.15) is 6.92 Å². The number of carbonyl (C=O) groups excluding carboxylic acids is 1. The van der Waals surface area contributed by atoms with Crippen LogP contribution in [0.5, 0.6) is 5.88 Å². The second-order valence-electron chi connectivity index (χ2n) is 5.72. The van der Waals surface area contributed by atoms with Crippen LogP contribution in [0.4, 0.5) is 10.2 Å². The molecule has 3 aromatic rings. The number of pyridine rings is 1. The van der Waals surface area contributed by atoms with Gasteiger partial charge < -0.3 is 10.1 Å². The van der Waals surface area contributed by atoms with Gasteiger partial charge in [-0.1, -0.05) is 0 Å². The van der Waals surface area contributed by atoms with Gasteiger partial charge in [0.25, 0.3) is 0 Å². The Hall–Kier alpha value is -3.22. The third-order valence-electron chi connectivity index (χ3n) is 3.92. The predicted molar refractivity (Wildman–Crippen MR) is 90.7 cm³/mol. The average molecular weight is 338 g/mol. The molecule has 2 aromatic heterocycles. The van der Waals surface area contributed by atoms with Gasteiger partial charge in [-0.3, -0.25) is 4.79 Å². The Morgan fingerprint density at radius 1 is 1.24 bits per heavy atom. The zero-order valence-electron chi connectivity index (χ0n) is 13.5. The quantitative estimate of drug-likeness (QED) is 0.797. The molecule has 7 heteroatoms. The number of fused-ring (bicyclic) bond motifs is 1. The van der Waals surface area contributed by atoms with E-state index in [2.05, 4.69) is 15.4 Å². The molecule has 0 atom stereocenters. The summed E-state index contributed by atoms with van der Waals surface area (Å²) in [5.41, 5.74) is 3.12. The van der Waals surface area contributed by atoms with E-state index >= 15 is 0 Å². The first-order valence-corrected chi connectivity index (χ1v) is 7.85. The Kier molecular flexibility index (Phi) is 3.68. The largest absolute Gasteiger partial charge is 0.475 e. The first-order valence-electron chi connectivity index (χ1n) is 7.85. The molecule has 0 aliphatic carbocycles. The molecule has 0 fully saturated rings. The maximum atomic E-state index is 13.3. The lowest BCUT2D eigenvalue weighted by Gasteiger charge is -2.08. The van der Waals surface area contributed by atoms with Gasteiger partial charge in [-0.2, -0.15) is 5.10 Å². The molecule has 3 heterocycles. The number of nitrogens with one attached hydrogen (secondary N) is 1. The minimum Gasteiger partial charge on any atom is -0.475 e. The fraction of sp³-hybridized carbons (Fsp3) is 0.167. The van der Waals surface area contributed by atoms with Gasteiger partial charge in [0.1, 0.15) is 23.9 Å². The molecule has 0 saturated heterocycles. The molecule has 0 radical (unpaired) electrons. The first-order chi connectivity index (χ1) is 12.1. The summed E-state index contributed by atoms with van der Waals surface area (Å²) in [5.74, 6) is 0.623. The summed E-state index contributed by atoms with van der Waals surface area (Å²) < 4.78 is 20.8. The van der Waals surface area contributed by atoms with Crippen LogP contribution >= 0.6 is 0 Å². The van der Waals surface area contributed by atoms with Crippen LogP contribution in [0.25, 0.3) is 22.4 Å². The first kappa shape index (κ1) is 15.3. The van der Waals surface area contributed by atoms with E-state index in [-0.39, 0.29) is 11.7 Å². The van der Waals surface area contributed by atoms with Gasteiger partial charge in [0, 0.05) is 18.7 Å². The van der Waals surface area contributed by atoms with E-state index in [1.165, 1.54) is 19.1 Å². The molecular weight excluding hydrogens is 323 g/mol. The molecule has 1 N–H and O–H groups in total. The number of hydrogen-bond donors (Lipinski definition) is 1. The number of rotatable bonds is 3. The maximum Gasteiger partial charge on any atom is 0.222 e. The summed E-state index contributed by atoms with van der Waals surface area (Å²) >= 11 is 0. The highest BCUT2D eigenvalue weighted by atomic mass is 19.1. The molecule has 126 valence electrons. The third kappa shape index (κ3) is 2.84. The van der Waals surface area contributed by atoms with E-state index < -0.39 is 0 Å². The summed E-state index contributed by atoms with van der Waals surface area (Å²) in [6, 6.07) is 9.78. The topological polar surface area (TPSA) is 69.0 Å². The molecule has 1 amide bonds. The van der Waals surface area contributed by atoms with Gasteiger partial charge in [-0.25, -0.2) is 14.1 Å². The number of ether oxygens (including phenoxy) is 1. The predicted octanol–water partition coefficient (Wildman–Crippen LogP) is 3.10. The number of aromatic nitrogens is 3. The fourth-order valence-corrected chi connectivity index (χ4v) is 2.88. The molecular formula is C18H15FN4O2. The number of halogens is 1. The van der Waals surface area contributed by atoms with E-state index in [1.807, 2.05) is 6.07 Å². The van der Waals surface area contributed by atoms with Crippen molar-refractivity contribution in [3.8, 4) is 28.3 Å². The minimum atomic E-state index is -0.301. The van der Waals surface area contributed by atoms with Crippen molar-refractivity contribution in [1.82, 2.24) is 14.8 Å². The Bertz CT molecular complexity index is 950. The van der Waals surface area contributed by atoms with Crippen LogP contribution in [0.3, 0.4) is 0 Å². The average Bonchev–Trinajstić information content (AvgIpc) is 3.16. The van der Waals surface area contributed by atoms with Gasteiger partial charge in [-0.15, -0.1) is 0 Å². The molecule has 1 aromatic carbocycles. The van der Waals surface area contributed by atoms with Crippen LogP contribution < -0.4 is 10.1 Å². The monoisotopic (exact) mass is 338 g/mol. The summed E-state index contributed by atoms with van der Waals surface area (Å²) in [6.45, 7) is 2.65. The Labute approximate surface area is 143 Å². The van der Waals surface area contributed by atoms with Crippen molar-refractivity contribution in [1.29, 1.82) is 0 Å². The second kappa shape index (κ2) is 6.01. The summed E-state index contributed by atoms with van der Waals surface area (Å²) in [6.07, 6.45) is 1.62. The molecule has 6 nitrogen and oxygen atoms in total. The van der Waals surface area contributed by atoms with Gasteiger partial charge >= 0.3 is 0 Å². The van der Waals surface area contributed by atoms with Crippen molar-refractivity contribution in [3.63, 3.8) is 0 Å². The van der Waals surface area contributed by atoms with Gasteiger partial charge in [-0.05, 0) is 42.0 Å². The number of anilines is 1. The smallest absolute Gasteiger partial charge is 0.222 e. The number of hydrogen-bond acceptors (Lipinski definition) is 4. The Balaban J connectivity index is 1.86. The highest BCUT2D eigenvalue weighted by Gasteiger charge is 2.25. The summed E-state index contributed by atoms with van der Waals surface area (Å²) in [7, 11) is 0. The summed E-state index contributed by atoms with van der Waals surface area (Å²) in [5, 5.41) is 7.29. The van der Waals surface area contributed by atoms with Crippen LogP contribution in [0.15, 0.2) is 42.6 Å².